The minimum absolute atomic E-state index is 0.756. The molecule has 0 aliphatic rings. The Bertz CT molecular complexity index is 801. The fourth-order valence-electron chi connectivity index (χ4n) is 2.26. The third-order valence-corrected chi connectivity index (χ3v) is 3.38. The van der Waals surface area contributed by atoms with E-state index >= 15 is 0 Å². The van der Waals surface area contributed by atoms with Gasteiger partial charge in [0.05, 0.1) is 25.4 Å². The molecule has 4 nitrogen and oxygen atoms in total. The lowest BCUT2D eigenvalue weighted by atomic mass is 10.1. The second-order valence-electron chi connectivity index (χ2n) is 4.76. The largest absolute Gasteiger partial charge is 0.497 e. The first-order valence-corrected chi connectivity index (χ1v) is 6.91. The Balaban J connectivity index is 1.99. The summed E-state index contributed by atoms with van der Waals surface area (Å²) in [5.74, 6) is 1.51. The summed E-state index contributed by atoms with van der Waals surface area (Å²) in [4.78, 5) is 8.61. The number of hydrogen-bond acceptors (Lipinski definition) is 4. The summed E-state index contributed by atoms with van der Waals surface area (Å²) in [5.41, 5.74) is 2.80. The molecule has 0 amide bonds. The van der Waals surface area contributed by atoms with Crippen molar-refractivity contribution in [2.24, 2.45) is 0 Å². The maximum absolute atomic E-state index is 5.28. The number of aromatic nitrogens is 2. The van der Waals surface area contributed by atoms with Crippen molar-refractivity contribution in [1.29, 1.82) is 0 Å². The number of methoxy groups -OCH3 is 2. The van der Waals surface area contributed by atoms with Crippen molar-refractivity contribution in [3.05, 3.63) is 60.0 Å². The molecule has 0 radical (unpaired) electrons. The van der Waals surface area contributed by atoms with E-state index in [0.29, 0.717) is 0 Å². The van der Waals surface area contributed by atoms with Crippen LogP contribution >= 0.6 is 0 Å². The normalized spacial score (nSPS) is 11.0. The highest BCUT2D eigenvalue weighted by molar-refractivity contribution is 5.88. The predicted octanol–water partition coefficient (Wildman–Crippen LogP) is 3.82. The Hall–Kier alpha value is -2.88. The van der Waals surface area contributed by atoms with Gasteiger partial charge in [0, 0.05) is 11.5 Å². The van der Waals surface area contributed by atoms with Gasteiger partial charge in [0.1, 0.15) is 17.8 Å². The summed E-state index contributed by atoms with van der Waals surface area (Å²) >= 11 is 0. The van der Waals surface area contributed by atoms with Crippen LogP contribution in [0.1, 0.15) is 11.3 Å². The molecule has 0 atom stereocenters. The topological polar surface area (TPSA) is 44.2 Å². The molecule has 22 heavy (non-hydrogen) atoms. The molecule has 0 saturated carbocycles. The molecule has 0 bridgehead atoms. The van der Waals surface area contributed by atoms with E-state index in [2.05, 4.69) is 9.97 Å². The van der Waals surface area contributed by atoms with Crippen LogP contribution in [0.3, 0.4) is 0 Å². The summed E-state index contributed by atoms with van der Waals surface area (Å²) in [6.45, 7) is 0. The number of para-hydroxylation sites is 1. The number of hydrogen-bond donors (Lipinski definition) is 0. The maximum Gasteiger partial charge on any atom is 0.123 e. The quantitative estimate of drug-likeness (QED) is 0.733. The third kappa shape index (κ3) is 2.91. The zero-order valence-corrected chi connectivity index (χ0v) is 12.5. The van der Waals surface area contributed by atoms with Crippen molar-refractivity contribution in [1.82, 2.24) is 9.97 Å². The lowest BCUT2D eigenvalue weighted by molar-refractivity contribution is 0.394. The van der Waals surface area contributed by atoms with Gasteiger partial charge in [-0.3, -0.25) is 0 Å². The van der Waals surface area contributed by atoms with Gasteiger partial charge in [-0.05, 0) is 29.8 Å². The summed E-state index contributed by atoms with van der Waals surface area (Å²) in [7, 11) is 3.28. The second-order valence-corrected chi connectivity index (χ2v) is 4.76. The number of fused-ring (bicyclic) bond motifs is 1. The third-order valence-electron chi connectivity index (χ3n) is 3.38. The van der Waals surface area contributed by atoms with Crippen LogP contribution in [0, 0.1) is 0 Å². The SMILES string of the molecule is COc1cc(/C=C/c2ncnc3ccccc23)cc(OC)c1. The lowest BCUT2D eigenvalue weighted by Gasteiger charge is -2.06. The molecule has 0 N–H and O–H groups in total. The Morgan fingerprint density at radius 3 is 2.32 bits per heavy atom. The Morgan fingerprint density at radius 2 is 1.59 bits per heavy atom. The number of benzene rings is 2. The van der Waals surface area contributed by atoms with Crippen LogP contribution in [-0.2, 0) is 0 Å². The summed E-state index contributed by atoms with van der Waals surface area (Å²) in [6.07, 6.45) is 5.53. The van der Waals surface area contributed by atoms with E-state index in [1.807, 2.05) is 54.6 Å². The average Bonchev–Trinajstić information content (AvgIpc) is 2.59. The molecular formula is C18H16N2O2. The summed E-state index contributed by atoms with van der Waals surface area (Å²) in [6, 6.07) is 13.7. The van der Waals surface area contributed by atoms with Gasteiger partial charge in [0.15, 0.2) is 0 Å². The molecule has 1 heterocycles. The second kappa shape index (κ2) is 6.26. The average molecular weight is 292 g/mol. The van der Waals surface area contributed by atoms with Crippen molar-refractivity contribution < 1.29 is 9.47 Å². The molecule has 0 aliphatic carbocycles. The van der Waals surface area contributed by atoms with Crippen LogP contribution in [0.2, 0.25) is 0 Å². The fraction of sp³-hybridized carbons (Fsp3) is 0.111. The molecule has 3 aromatic rings. The van der Waals surface area contributed by atoms with Gasteiger partial charge in [-0.1, -0.05) is 24.3 Å². The van der Waals surface area contributed by atoms with Gasteiger partial charge in [-0.2, -0.15) is 0 Å². The molecule has 110 valence electrons. The van der Waals surface area contributed by atoms with E-state index in [1.54, 1.807) is 20.5 Å². The summed E-state index contributed by atoms with van der Waals surface area (Å²) in [5, 5.41) is 1.02. The van der Waals surface area contributed by atoms with Crippen LogP contribution < -0.4 is 9.47 Å². The number of nitrogens with zero attached hydrogens (tertiary/aromatic N) is 2. The van der Waals surface area contributed by atoms with Gasteiger partial charge < -0.3 is 9.47 Å². The van der Waals surface area contributed by atoms with E-state index in [0.717, 1.165) is 33.7 Å². The monoisotopic (exact) mass is 292 g/mol. The van der Waals surface area contributed by atoms with Gasteiger partial charge in [0.25, 0.3) is 0 Å². The van der Waals surface area contributed by atoms with Gasteiger partial charge in [-0.15, -0.1) is 0 Å². The van der Waals surface area contributed by atoms with E-state index in [9.17, 15) is 0 Å². The molecule has 4 heteroatoms. The van der Waals surface area contributed by atoms with E-state index in [-0.39, 0.29) is 0 Å². The highest BCUT2D eigenvalue weighted by Gasteiger charge is 2.01. The first-order valence-electron chi connectivity index (χ1n) is 6.91. The standard InChI is InChI=1S/C18H16N2O2/c1-21-14-9-13(10-15(11-14)22-2)7-8-18-16-5-3-4-6-17(16)19-12-20-18/h3-12H,1-2H3/b8-7+. The molecule has 0 aliphatic heterocycles. The maximum atomic E-state index is 5.28. The lowest BCUT2D eigenvalue weighted by Crippen LogP contribution is -1.89. The van der Waals surface area contributed by atoms with Gasteiger partial charge in [-0.25, -0.2) is 9.97 Å². The van der Waals surface area contributed by atoms with Crippen LogP contribution in [0.25, 0.3) is 23.1 Å². The number of rotatable bonds is 4. The molecule has 3 rings (SSSR count). The molecular weight excluding hydrogens is 276 g/mol. The predicted molar refractivity (Wildman–Crippen MR) is 88.0 cm³/mol. The minimum Gasteiger partial charge on any atom is -0.497 e. The van der Waals surface area contributed by atoms with Crippen molar-refractivity contribution in [3.8, 4) is 11.5 Å². The molecule has 0 spiro atoms. The van der Waals surface area contributed by atoms with Crippen molar-refractivity contribution in [2.75, 3.05) is 14.2 Å². The first kappa shape index (κ1) is 14.1. The minimum atomic E-state index is 0.756. The van der Waals surface area contributed by atoms with Crippen LogP contribution in [0.15, 0.2) is 48.8 Å². The molecule has 0 fully saturated rings. The van der Waals surface area contributed by atoms with E-state index in [1.165, 1.54) is 0 Å². The zero-order chi connectivity index (χ0) is 15.4. The molecule has 0 unspecified atom stereocenters. The zero-order valence-electron chi connectivity index (χ0n) is 12.5. The molecule has 2 aromatic carbocycles. The highest BCUT2D eigenvalue weighted by atomic mass is 16.5. The summed E-state index contributed by atoms with van der Waals surface area (Å²) < 4.78 is 10.6. The molecule has 1 aromatic heterocycles. The Kier molecular flexibility index (Phi) is 4.01. The van der Waals surface area contributed by atoms with E-state index in [4.69, 9.17) is 9.47 Å². The van der Waals surface area contributed by atoms with Crippen LogP contribution in [0.4, 0.5) is 0 Å². The van der Waals surface area contributed by atoms with Crippen molar-refractivity contribution in [2.45, 2.75) is 0 Å². The van der Waals surface area contributed by atoms with E-state index < -0.39 is 0 Å². The van der Waals surface area contributed by atoms with Gasteiger partial charge in [0.2, 0.25) is 0 Å². The van der Waals surface area contributed by atoms with Crippen molar-refractivity contribution >= 4 is 23.1 Å². The number of ether oxygens (including phenoxy) is 2. The van der Waals surface area contributed by atoms with Crippen LogP contribution in [0.5, 0.6) is 11.5 Å². The van der Waals surface area contributed by atoms with Crippen molar-refractivity contribution in [3.63, 3.8) is 0 Å². The fourth-order valence-corrected chi connectivity index (χ4v) is 2.26. The Morgan fingerprint density at radius 1 is 0.864 bits per heavy atom. The van der Waals surface area contributed by atoms with Crippen LogP contribution in [-0.4, -0.2) is 24.2 Å². The highest BCUT2D eigenvalue weighted by Crippen LogP contribution is 2.24. The Labute approximate surface area is 129 Å². The first-order chi connectivity index (χ1) is 10.8. The smallest absolute Gasteiger partial charge is 0.123 e. The van der Waals surface area contributed by atoms with Gasteiger partial charge >= 0.3 is 0 Å². The molecule has 0 saturated heterocycles.